The molecule has 2 fully saturated rings. The van der Waals surface area contributed by atoms with Gasteiger partial charge in [0, 0.05) is 57.7 Å². The molecule has 5 heteroatoms. The Balaban J connectivity index is 0.912. The third-order valence-corrected chi connectivity index (χ3v) is 17.8. The summed E-state index contributed by atoms with van der Waals surface area (Å²) in [5.41, 5.74) is 18.7. The van der Waals surface area contributed by atoms with Crippen LogP contribution in [0.4, 0.5) is 5.69 Å². The molecule has 0 spiro atoms. The molecule has 10 aliphatic rings. The Hall–Kier alpha value is -5.94. The largest absolute Gasteiger partial charge is 0.489 e. The first-order valence-electron chi connectivity index (χ1n) is 26.9. The van der Waals surface area contributed by atoms with E-state index < -0.39 is 0 Å². The minimum atomic E-state index is 0.0439. The number of anilines is 1. The van der Waals surface area contributed by atoms with Gasteiger partial charge < -0.3 is 15.4 Å². The van der Waals surface area contributed by atoms with Gasteiger partial charge in [-0.15, -0.1) is 0 Å². The highest BCUT2D eigenvalue weighted by atomic mass is 16.5. The van der Waals surface area contributed by atoms with E-state index in [0.29, 0.717) is 53.1 Å². The highest BCUT2D eigenvalue weighted by molar-refractivity contribution is 6.13. The third-order valence-electron chi connectivity index (χ3n) is 17.8. The lowest BCUT2D eigenvalue weighted by molar-refractivity contribution is 0.0508. The molecule has 2 aromatic rings. The van der Waals surface area contributed by atoms with Gasteiger partial charge in [-0.3, -0.25) is 0 Å². The van der Waals surface area contributed by atoms with Crippen LogP contribution in [-0.2, 0) is 4.74 Å². The predicted molar refractivity (Wildman–Crippen MR) is 285 cm³/mol. The van der Waals surface area contributed by atoms with Crippen molar-refractivity contribution in [1.82, 2.24) is 0 Å². The fourth-order valence-electron chi connectivity index (χ4n) is 14.6. The van der Waals surface area contributed by atoms with Gasteiger partial charge in [-0.25, -0.2) is 9.98 Å². The second-order valence-electron chi connectivity index (χ2n) is 21.6. The summed E-state index contributed by atoms with van der Waals surface area (Å²) in [4.78, 5) is 13.3. The Morgan fingerprint density at radius 2 is 1.55 bits per heavy atom. The molecule has 2 aromatic carbocycles. The summed E-state index contributed by atoms with van der Waals surface area (Å²) in [5, 5.41) is 0. The summed E-state index contributed by atoms with van der Waals surface area (Å²) >= 11 is 0. The van der Waals surface area contributed by atoms with Gasteiger partial charge in [0.25, 0.3) is 0 Å². The smallest absolute Gasteiger partial charge is 0.162 e. The molecule has 2 aliphatic heterocycles. The highest BCUT2D eigenvalue weighted by Gasteiger charge is 2.55. The van der Waals surface area contributed by atoms with Crippen LogP contribution in [0, 0.1) is 53.3 Å². The zero-order valence-corrected chi connectivity index (χ0v) is 40.4. The summed E-state index contributed by atoms with van der Waals surface area (Å²) in [6.07, 6.45) is 53.4. The second-order valence-corrected chi connectivity index (χ2v) is 21.6. The lowest BCUT2D eigenvalue weighted by atomic mass is 9.63. The number of allylic oxidation sites excluding steroid dienone is 17. The second kappa shape index (κ2) is 19.5. The molecule has 352 valence electrons. The molecule has 69 heavy (non-hydrogen) atoms. The maximum Gasteiger partial charge on any atom is 0.162 e. The third kappa shape index (κ3) is 8.52. The molecule has 0 amide bonds. The number of nitrogens with two attached hydrogens (primary N) is 1. The summed E-state index contributed by atoms with van der Waals surface area (Å²) in [6.45, 7) is 4.47. The Morgan fingerprint density at radius 1 is 0.710 bits per heavy atom. The summed E-state index contributed by atoms with van der Waals surface area (Å²) in [6, 6.07) is 21.8. The van der Waals surface area contributed by atoms with Gasteiger partial charge in [0.05, 0.1) is 11.7 Å². The summed E-state index contributed by atoms with van der Waals surface area (Å²) in [7, 11) is 0. The maximum absolute atomic E-state index is 7.55. The van der Waals surface area contributed by atoms with Gasteiger partial charge in [0.2, 0.25) is 0 Å². The maximum atomic E-state index is 7.55. The number of fused-ring (bicyclic) bond motifs is 6. The quantitative estimate of drug-likeness (QED) is 0.155. The minimum Gasteiger partial charge on any atom is -0.489 e. The minimum absolute atomic E-state index is 0.0439. The van der Waals surface area contributed by atoms with E-state index in [2.05, 4.69) is 157 Å². The molecule has 1 saturated heterocycles. The number of aliphatic imine (C=N–C) groups is 2. The number of hydrogen-bond acceptors (Lipinski definition) is 3. The van der Waals surface area contributed by atoms with Crippen molar-refractivity contribution in [3.8, 4) is 0 Å². The van der Waals surface area contributed by atoms with Crippen LogP contribution in [-0.4, -0.2) is 23.8 Å². The number of para-hydroxylation sites is 1. The average molecular weight is 911 g/mol. The fraction of sp³-hybridized carbons (Fsp3) is 0.406. The van der Waals surface area contributed by atoms with Crippen LogP contribution in [0.5, 0.6) is 0 Å². The number of ether oxygens (including phenoxy) is 1. The molecule has 8 aliphatic carbocycles. The number of benzene rings is 2. The van der Waals surface area contributed by atoms with Crippen LogP contribution in [0.3, 0.4) is 0 Å². The van der Waals surface area contributed by atoms with E-state index in [4.69, 9.17) is 20.5 Å². The Morgan fingerprint density at radius 3 is 2.36 bits per heavy atom. The van der Waals surface area contributed by atoms with E-state index in [0.717, 1.165) is 92.4 Å². The molecule has 0 aromatic heterocycles. The first kappa shape index (κ1) is 44.3. The van der Waals surface area contributed by atoms with Gasteiger partial charge in [-0.2, -0.15) is 0 Å². The average Bonchev–Trinajstić information content (AvgIpc) is 3.98. The van der Waals surface area contributed by atoms with Crippen molar-refractivity contribution in [2.75, 3.05) is 4.90 Å². The number of rotatable bonds is 9. The fourth-order valence-corrected chi connectivity index (χ4v) is 14.6. The molecular weight excluding hydrogens is 841 g/mol. The molecule has 0 radical (unpaired) electrons. The summed E-state index contributed by atoms with van der Waals surface area (Å²) in [5.74, 6) is 6.59. The van der Waals surface area contributed by atoms with Crippen molar-refractivity contribution in [2.24, 2.45) is 69.0 Å². The first-order chi connectivity index (χ1) is 34.1. The molecule has 11 atom stereocenters. The normalized spacial score (nSPS) is 33.8. The van der Waals surface area contributed by atoms with E-state index >= 15 is 0 Å². The molecule has 2 heterocycles. The zero-order chi connectivity index (χ0) is 46.3. The topological polar surface area (TPSA) is 63.2 Å². The van der Waals surface area contributed by atoms with Gasteiger partial charge in [0.1, 0.15) is 17.7 Å². The highest BCUT2D eigenvalue weighted by Crippen LogP contribution is 2.58. The molecule has 1 saturated carbocycles. The molecular formula is C64H70N4O. The van der Waals surface area contributed by atoms with Gasteiger partial charge in [-0.1, -0.05) is 152 Å². The Bertz CT molecular complexity index is 2730. The number of nitrogens with zero attached hydrogens (tertiary/aromatic N) is 3. The molecule has 5 nitrogen and oxygen atoms in total. The van der Waals surface area contributed by atoms with Gasteiger partial charge in [0.15, 0.2) is 5.84 Å². The van der Waals surface area contributed by atoms with Crippen molar-refractivity contribution in [3.05, 3.63) is 209 Å². The van der Waals surface area contributed by atoms with Crippen LogP contribution in [0.1, 0.15) is 102 Å². The number of hydrogen-bond donors (Lipinski definition) is 1. The molecule has 12 rings (SSSR count). The molecule has 10 unspecified atom stereocenters. The van der Waals surface area contributed by atoms with Crippen LogP contribution < -0.4 is 10.6 Å². The van der Waals surface area contributed by atoms with Crippen molar-refractivity contribution in [3.63, 3.8) is 0 Å². The van der Waals surface area contributed by atoms with Gasteiger partial charge >= 0.3 is 0 Å². The zero-order valence-electron chi connectivity index (χ0n) is 40.4. The molecule has 0 bridgehead atoms. The van der Waals surface area contributed by atoms with E-state index in [-0.39, 0.29) is 24.0 Å². The predicted octanol–water partition coefficient (Wildman–Crippen LogP) is 14.7. The van der Waals surface area contributed by atoms with Crippen molar-refractivity contribution >= 4 is 17.4 Å². The number of amidine groups is 2. The Kier molecular flexibility index (Phi) is 12.5. The van der Waals surface area contributed by atoms with E-state index in [1.165, 1.54) is 54.6 Å². The van der Waals surface area contributed by atoms with Gasteiger partial charge in [-0.05, 0) is 143 Å². The standard InChI is InChI=1S/C64H70N4O/c1-42(43-20-7-2-8-21-43)66-64(46-26-13-5-14-27-46)67-63(65)57-41-48(47-34-36-50(44-22-9-3-10-23-44)56(40-47)45-24-11-4-12-25-45)35-37-51(57)54-31-19-32-55-60-59(69-62(54)55)39-38-53-52-30-17-18-33-58(52)68(61(53)60)49-28-15-6-16-29-49/h2,4-7,9,11-16,20,22,24,26-29,33-34,37-39,41,44-45,48,50,52-56,61-62H,1,3,8,10,17-19,21,23,25,30-32,35-36,40H2,(H2,65,66,67)/t44?,45?,48-,50?,52?,53?,54?,55?,56?,61?,62?/m0/s1. The van der Waals surface area contributed by atoms with Crippen LogP contribution in [0.15, 0.2) is 213 Å². The van der Waals surface area contributed by atoms with Crippen molar-refractivity contribution in [1.29, 1.82) is 0 Å². The van der Waals surface area contributed by atoms with E-state index in [1.54, 1.807) is 5.57 Å². The Labute approximate surface area is 411 Å². The lowest BCUT2D eigenvalue weighted by Gasteiger charge is -2.42. The van der Waals surface area contributed by atoms with Crippen LogP contribution in [0.25, 0.3) is 0 Å². The van der Waals surface area contributed by atoms with E-state index in [1.807, 2.05) is 6.07 Å². The monoisotopic (exact) mass is 911 g/mol. The van der Waals surface area contributed by atoms with Crippen molar-refractivity contribution < 1.29 is 4.74 Å². The van der Waals surface area contributed by atoms with E-state index in [9.17, 15) is 0 Å². The first-order valence-corrected chi connectivity index (χ1v) is 26.9. The summed E-state index contributed by atoms with van der Waals surface area (Å²) < 4.78 is 7.40. The van der Waals surface area contributed by atoms with Crippen LogP contribution in [0.2, 0.25) is 0 Å². The lowest BCUT2D eigenvalue weighted by Crippen LogP contribution is -2.41. The van der Waals surface area contributed by atoms with Crippen molar-refractivity contribution in [2.45, 2.75) is 108 Å². The van der Waals surface area contributed by atoms with Crippen LogP contribution >= 0.6 is 0 Å². The SMILES string of the molecule is C=C(N=C(N=C(N)C1=C[C@@H](C2=CCC(C3C=CCCC3)C(C3C=CC=CC3)C2)CC=C1C1CCCC2C3=C(C=CC4C5CCCC=C5N(c5ccccc5)C34)OC12)c1ccccc1)C1=CC=CCC1. The molecule has 2 N–H and O–H groups in total.